The largest absolute Gasteiger partial charge is 0.487 e. The first-order valence-corrected chi connectivity index (χ1v) is 13.3. The molecule has 0 spiro atoms. The predicted molar refractivity (Wildman–Crippen MR) is 136 cm³/mol. The van der Waals surface area contributed by atoms with Gasteiger partial charge in [-0.1, -0.05) is 31.6 Å². The minimum absolute atomic E-state index is 0.00332. The molecule has 5 rings (SSSR count). The summed E-state index contributed by atoms with van der Waals surface area (Å²) < 4.78 is 20.8. The van der Waals surface area contributed by atoms with Crippen molar-refractivity contribution in [3.05, 3.63) is 46.6 Å². The van der Waals surface area contributed by atoms with Crippen molar-refractivity contribution in [2.24, 2.45) is 22.6 Å². The van der Waals surface area contributed by atoms with E-state index in [2.05, 4.69) is 23.0 Å². The first-order chi connectivity index (χ1) is 16.8. The van der Waals surface area contributed by atoms with Gasteiger partial charge < -0.3 is 15.8 Å². The zero-order chi connectivity index (χ0) is 24.6. The molecule has 0 amide bonds. The number of nitrogens with two attached hydrogens (primary N) is 1. The van der Waals surface area contributed by atoms with Crippen LogP contribution in [0.15, 0.2) is 40.2 Å². The number of nitrogens with zero attached hydrogens (tertiary/aromatic N) is 1. The maximum Gasteiger partial charge on any atom is 0.190 e. The summed E-state index contributed by atoms with van der Waals surface area (Å²) in [6.07, 6.45) is 11.5. The van der Waals surface area contributed by atoms with Crippen LogP contribution in [0, 0.1) is 17.7 Å². The van der Waals surface area contributed by atoms with Gasteiger partial charge in [0.25, 0.3) is 0 Å². The average molecular weight is 480 g/mol. The van der Waals surface area contributed by atoms with Gasteiger partial charge in [-0.3, -0.25) is 4.79 Å². The first-order valence-electron chi connectivity index (χ1n) is 13.3. The molecule has 6 heteroatoms. The summed E-state index contributed by atoms with van der Waals surface area (Å²) >= 11 is 0. The third-order valence-electron chi connectivity index (χ3n) is 8.75. The SMILES string of the molecule is CC1=C=C(C(=O)C[C@]2(NCc3ccc(F)c(OC4CCCCC4C)c3)C[C@H]3CCC[C@@]3(N)C2)N=C1. The second-order valence-corrected chi connectivity index (χ2v) is 11.5. The van der Waals surface area contributed by atoms with Gasteiger partial charge in [0.1, 0.15) is 11.8 Å². The topological polar surface area (TPSA) is 76.7 Å². The molecule has 0 saturated heterocycles. The zero-order valence-corrected chi connectivity index (χ0v) is 21.0. The molecule has 4 aliphatic rings. The molecule has 5 atom stereocenters. The van der Waals surface area contributed by atoms with E-state index in [0.717, 1.165) is 62.5 Å². The second kappa shape index (κ2) is 9.65. The highest BCUT2D eigenvalue weighted by Gasteiger charge is 2.55. The molecule has 2 unspecified atom stereocenters. The van der Waals surface area contributed by atoms with E-state index in [1.54, 1.807) is 12.3 Å². The fourth-order valence-electron chi connectivity index (χ4n) is 6.82. The van der Waals surface area contributed by atoms with Crippen molar-refractivity contribution in [3.63, 3.8) is 0 Å². The van der Waals surface area contributed by atoms with E-state index in [1.165, 1.54) is 12.5 Å². The van der Waals surface area contributed by atoms with E-state index in [-0.39, 0.29) is 23.2 Å². The van der Waals surface area contributed by atoms with E-state index in [4.69, 9.17) is 10.5 Å². The van der Waals surface area contributed by atoms with Crippen LogP contribution in [0.1, 0.15) is 83.6 Å². The van der Waals surface area contributed by atoms with Gasteiger partial charge in [-0.2, -0.15) is 0 Å². The summed E-state index contributed by atoms with van der Waals surface area (Å²) in [5, 5.41) is 3.71. The van der Waals surface area contributed by atoms with Gasteiger partial charge in [0.05, 0.1) is 0 Å². The van der Waals surface area contributed by atoms with Gasteiger partial charge in [-0.05, 0) is 81.4 Å². The normalized spacial score (nSPS) is 34.0. The highest BCUT2D eigenvalue weighted by atomic mass is 19.1. The minimum atomic E-state index is -0.398. The molecule has 1 aliphatic heterocycles. The Kier molecular flexibility index (Phi) is 6.73. The lowest BCUT2D eigenvalue weighted by atomic mass is 9.85. The smallest absolute Gasteiger partial charge is 0.190 e. The number of nitrogens with one attached hydrogen (secondary N) is 1. The monoisotopic (exact) mass is 479 g/mol. The molecule has 1 heterocycles. The van der Waals surface area contributed by atoms with E-state index in [0.29, 0.717) is 36.2 Å². The standard InChI is InChI=1S/C29H38FN3O2/c1-19-12-24(32-16-19)25(34)15-28(14-22-7-5-11-29(22,31)18-28)33-17-21-9-10-23(30)27(13-21)35-26-8-4-3-6-20(26)2/h9-10,13,16,20,22,26,33H,3-8,11,14-15,17-18,31H2,1-2H3/t20?,22-,26?,28-,29-/m1/s1. The van der Waals surface area contributed by atoms with E-state index >= 15 is 0 Å². The second-order valence-electron chi connectivity index (χ2n) is 11.5. The Morgan fingerprint density at radius 2 is 2.11 bits per heavy atom. The molecule has 3 N–H and O–H groups in total. The van der Waals surface area contributed by atoms with Gasteiger partial charge in [-0.15, -0.1) is 0 Å². The number of benzene rings is 1. The average Bonchev–Trinajstić information content (AvgIpc) is 3.48. The maximum absolute atomic E-state index is 14.6. The summed E-state index contributed by atoms with van der Waals surface area (Å²) in [6, 6.07) is 5.12. The van der Waals surface area contributed by atoms with Crippen LogP contribution in [0.2, 0.25) is 0 Å². The number of carbonyl (C=O) groups excluding carboxylic acids is 1. The fraction of sp³-hybridized carbons (Fsp3) is 0.621. The molecular weight excluding hydrogens is 441 g/mol. The molecule has 1 aromatic rings. The number of ether oxygens (including phenoxy) is 1. The Labute approximate surface area is 208 Å². The van der Waals surface area contributed by atoms with Gasteiger partial charge in [0.2, 0.25) is 0 Å². The number of Topliss-reactive ketones (excluding diaryl/α,β-unsaturated/α-hetero) is 1. The number of carbonyl (C=O) groups is 1. The van der Waals surface area contributed by atoms with Crippen LogP contribution >= 0.6 is 0 Å². The number of aliphatic imine (C=N–C) groups is 1. The van der Waals surface area contributed by atoms with Crippen molar-refractivity contribution in [3.8, 4) is 5.75 Å². The Morgan fingerprint density at radius 3 is 2.86 bits per heavy atom. The van der Waals surface area contributed by atoms with Crippen LogP contribution in [-0.4, -0.2) is 29.2 Å². The minimum Gasteiger partial charge on any atom is -0.487 e. The van der Waals surface area contributed by atoms with Gasteiger partial charge in [0, 0.05) is 35.8 Å². The first kappa shape index (κ1) is 24.4. The molecule has 188 valence electrons. The third-order valence-corrected chi connectivity index (χ3v) is 8.75. The lowest BCUT2D eigenvalue weighted by molar-refractivity contribution is -0.117. The highest BCUT2D eigenvalue weighted by molar-refractivity contribution is 6.00. The highest BCUT2D eigenvalue weighted by Crippen LogP contribution is 2.51. The molecule has 0 radical (unpaired) electrons. The van der Waals surface area contributed by atoms with E-state index in [1.807, 2.05) is 13.0 Å². The molecule has 3 fully saturated rings. The Hall–Kier alpha value is -2.27. The van der Waals surface area contributed by atoms with E-state index in [9.17, 15) is 9.18 Å². The molecule has 0 bridgehead atoms. The molecule has 35 heavy (non-hydrogen) atoms. The van der Waals surface area contributed by atoms with Crippen molar-refractivity contribution < 1.29 is 13.9 Å². The quantitative estimate of drug-likeness (QED) is 0.491. The van der Waals surface area contributed by atoms with Gasteiger partial charge in [0.15, 0.2) is 17.3 Å². The summed E-state index contributed by atoms with van der Waals surface area (Å²) in [4.78, 5) is 17.4. The predicted octanol–water partition coefficient (Wildman–Crippen LogP) is 5.38. The Balaban J connectivity index is 1.32. The van der Waals surface area contributed by atoms with Crippen molar-refractivity contribution in [2.75, 3.05) is 0 Å². The van der Waals surface area contributed by atoms with Crippen LogP contribution in [0.4, 0.5) is 4.39 Å². The van der Waals surface area contributed by atoms with Crippen molar-refractivity contribution in [1.29, 1.82) is 0 Å². The lowest BCUT2D eigenvalue weighted by Gasteiger charge is -2.33. The molecule has 1 aromatic carbocycles. The zero-order valence-electron chi connectivity index (χ0n) is 21.0. The van der Waals surface area contributed by atoms with Crippen molar-refractivity contribution in [1.82, 2.24) is 5.32 Å². The number of rotatable bonds is 8. The number of ketones is 1. The summed E-state index contributed by atoms with van der Waals surface area (Å²) in [6.45, 7) is 4.62. The number of fused-ring (bicyclic) bond motifs is 1. The van der Waals surface area contributed by atoms with Gasteiger partial charge in [-0.25, -0.2) is 9.38 Å². The Bertz CT molecular complexity index is 1090. The van der Waals surface area contributed by atoms with Crippen molar-refractivity contribution in [2.45, 2.75) is 102 Å². The fourth-order valence-corrected chi connectivity index (χ4v) is 6.82. The molecule has 0 aromatic heterocycles. The van der Waals surface area contributed by atoms with Crippen LogP contribution < -0.4 is 15.8 Å². The summed E-state index contributed by atoms with van der Waals surface area (Å²) in [5.74, 6) is 0.867. The number of hydrogen-bond acceptors (Lipinski definition) is 5. The molecule has 3 saturated carbocycles. The summed E-state index contributed by atoms with van der Waals surface area (Å²) in [5.41, 5.74) is 11.5. The molecule has 5 nitrogen and oxygen atoms in total. The van der Waals surface area contributed by atoms with Crippen LogP contribution in [0.3, 0.4) is 0 Å². The molecule has 3 aliphatic carbocycles. The molecular formula is C29H38FN3O2. The van der Waals surface area contributed by atoms with Crippen LogP contribution in [0.5, 0.6) is 5.75 Å². The maximum atomic E-state index is 14.6. The number of allylic oxidation sites excluding steroid dienone is 1. The van der Waals surface area contributed by atoms with Crippen LogP contribution in [0.25, 0.3) is 0 Å². The third kappa shape index (κ3) is 5.16. The lowest BCUT2D eigenvalue weighted by Crippen LogP contribution is -2.48. The summed E-state index contributed by atoms with van der Waals surface area (Å²) in [7, 11) is 0. The van der Waals surface area contributed by atoms with Crippen molar-refractivity contribution >= 4 is 12.0 Å². The number of hydrogen-bond donors (Lipinski definition) is 2. The van der Waals surface area contributed by atoms with E-state index < -0.39 is 5.54 Å². The van der Waals surface area contributed by atoms with Gasteiger partial charge >= 0.3 is 0 Å². The number of halogens is 1. The van der Waals surface area contributed by atoms with Crippen LogP contribution in [-0.2, 0) is 11.3 Å². The Morgan fingerprint density at radius 1 is 1.29 bits per heavy atom.